The maximum absolute atomic E-state index is 13.1. The zero-order valence-electron chi connectivity index (χ0n) is 17.2. The number of rotatable bonds is 7. The lowest BCUT2D eigenvalue weighted by atomic mass is 10.2. The summed E-state index contributed by atoms with van der Waals surface area (Å²) in [7, 11) is 0. The zero-order chi connectivity index (χ0) is 22.0. The molecule has 0 atom stereocenters. The Bertz CT molecular complexity index is 1270. The van der Waals surface area contributed by atoms with Gasteiger partial charge in [0, 0.05) is 6.54 Å². The molecule has 6 nitrogen and oxygen atoms in total. The normalized spacial score (nSPS) is 11.3. The van der Waals surface area contributed by atoms with Gasteiger partial charge in [0.1, 0.15) is 16.9 Å². The number of benzene rings is 2. The largest absolute Gasteiger partial charge is 0.384 e. The molecule has 1 amide bonds. The number of carbonyl (C=O) groups is 1. The number of fused-ring (bicyclic) bond motifs is 2. The van der Waals surface area contributed by atoms with Crippen LogP contribution in [-0.2, 0) is 0 Å². The van der Waals surface area contributed by atoms with Crippen molar-refractivity contribution in [3.8, 4) is 5.69 Å². The Labute approximate surface area is 190 Å². The number of hydrogen-bond donors (Lipinski definition) is 2. The molecule has 3 N–H and O–H groups in total. The van der Waals surface area contributed by atoms with Crippen LogP contribution in [0.2, 0.25) is 10.0 Å². The van der Waals surface area contributed by atoms with Crippen molar-refractivity contribution in [3.05, 3.63) is 58.1 Å². The van der Waals surface area contributed by atoms with Gasteiger partial charge < -0.3 is 11.1 Å². The Hall–Kier alpha value is -2.83. The van der Waals surface area contributed by atoms with E-state index in [1.54, 1.807) is 22.8 Å². The molecular weight excluding hydrogens is 433 g/mol. The number of nitrogen functional groups attached to an aromatic ring is 1. The highest BCUT2D eigenvalue weighted by Gasteiger charge is 2.24. The number of nitrogens with one attached hydrogen (secondary N) is 1. The van der Waals surface area contributed by atoms with Crippen molar-refractivity contribution < 1.29 is 4.79 Å². The molecule has 4 aromatic rings. The maximum atomic E-state index is 13.1. The molecule has 0 fully saturated rings. The topological polar surface area (TPSA) is 85.8 Å². The van der Waals surface area contributed by atoms with Crippen LogP contribution in [0.1, 0.15) is 43.0 Å². The van der Waals surface area contributed by atoms with Crippen LogP contribution in [0.4, 0.5) is 5.82 Å². The van der Waals surface area contributed by atoms with Crippen LogP contribution in [0.3, 0.4) is 0 Å². The molecule has 0 aliphatic rings. The molecule has 8 heteroatoms. The number of halogens is 2. The molecule has 31 heavy (non-hydrogen) atoms. The van der Waals surface area contributed by atoms with Crippen molar-refractivity contribution in [1.82, 2.24) is 19.9 Å². The fourth-order valence-corrected chi connectivity index (χ4v) is 3.91. The lowest BCUT2D eigenvalue weighted by Gasteiger charge is -2.09. The van der Waals surface area contributed by atoms with Gasteiger partial charge in [-0.05, 0) is 36.8 Å². The van der Waals surface area contributed by atoms with Gasteiger partial charge in [-0.15, -0.1) is 0 Å². The van der Waals surface area contributed by atoms with Crippen LogP contribution in [-0.4, -0.2) is 27.0 Å². The Morgan fingerprint density at radius 2 is 1.77 bits per heavy atom. The Morgan fingerprint density at radius 3 is 2.48 bits per heavy atom. The minimum Gasteiger partial charge on any atom is -0.384 e. The lowest BCUT2D eigenvalue weighted by Crippen LogP contribution is -2.25. The first-order chi connectivity index (χ1) is 15.0. The number of nitrogens with two attached hydrogens (primary N) is 1. The molecule has 2 heterocycles. The summed E-state index contributed by atoms with van der Waals surface area (Å²) in [6.07, 6.45) is 4.27. The molecule has 0 saturated heterocycles. The minimum atomic E-state index is -0.262. The van der Waals surface area contributed by atoms with E-state index in [-0.39, 0.29) is 11.7 Å². The number of unbranched alkanes of at least 4 members (excludes halogenated alkanes) is 3. The predicted octanol–water partition coefficient (Wildman–Crippen LogP) is 5.77. The number of amides is 1. The minimum absolute atomic E-state index is 0.259. The monoisotopic (exact) mass is 455 g/mol. The molecule has 0 saturated carbocycles. The van der Waals surface area contributed by atoms with Crippen LogP contribution in [0.25, 0.3) is 27.9 Å². The van der Waals surface area contributed by atoms with Crippen LogP contribution in [0, 0.1) is 0 Å². The van der Waals surface area contributed by atoms with E-state index < -0.39 is 0 Å². The molecule has 2 aromatic heterocycles. The van der Waals surface area contributed by atoms with Gasteiger partial charge in [0.05, 0.1) is 26.8 Å². The summed E-state index contributed by atoms with van der Waals surface area (Å²) in [4.78, 5) is 22.6. The van der Waals surface area contributed by atoms with E-state index >= 15 is 0 Å². The number of carbonyl (C=O) groups excluding carboxylic acids is 1. The predicted molar refractivity (Wildman–Crippen MR) is 127 cm³/mol. The summed E-state index contributed by atoms with van der Waals surface area (Å²) < 4.78 is 1.70. The number of nitrogens with zero attached hydrogens (tertiary/aromatic N) is 3. The van der Waals surface area contributed by atoms with Crippen LogP contribution in [0.5, 0.6) is 0 Å². The molecule has 0 unspecified atom stereocenters. The SMILES string of the molecule is CCCCCCNC(=O)c1c(N)n(-c2ccc(Cl)c(Cl)c2)c2nc3ccccc3nc12. The average Bonchev–Trinajstić information content (AvgIpc) is 3.04. The van der Waals surface area contributed by atoms with Crippen molar-refractivity contribution in [2.45, 2.75) is 32.6 Å². The number of hydrogen-bond acceptors (Lipinski definition) is 4. The second kappa shape index (κ2) is 9.12. The summed E-state index contributed by atoms with van der Waals surface area (Å²) >= 11 is 12.3. The number of para-hydroxylation sites is 2. The van der Waals surface area contributed by atoms with Gasteiger partial charge >= 0.3 is 0 Å². The second-order valence-electron chi connectivity index (χ2n) is 7.40. The standard InChI is InChI=1S/C23H23Cl2N5O/c1-2-3-4-7-12-27-23(31)19-20-22(29-18-9-6-5-8-17(18)28-20)30(21(19)26)14-10-11-15(24)16(25)13-14/h5-6,8-11,13H,2-4,7,12,26H2,1H3,(H,27,31). The van der Waals surface area contributed by atoms with Gasteiger partial charge in [-0.3, -0.25) is 9.36 Å². The van der Waals surface area contributed by atoms with Gasteiger partial charge in [-0.1, -0.05) is 61.5 Å². The Morgan fingerprint density at radius 1 is 1.03 bits per heavy atom. The van der Waals surface area contributed by atoms with Crippen molar-refractivity contribution in [2.75, 3.05) is 12.3 Å². The molecule has 2 aromatic carbocycles. The smallest absolute Gasteiger partial charge is 0.257 e. The first kappa shape index (κ1) is 21.4. The Balaban J connectivity index is 1.85. The maximum Gasteiger partial charge on any atom is 0.257 e. The van der Waals surface area contributed by atoms with Crippen LogP contribution in [0.15, 0.2) is 42.5 Å². The Kier molecular flexibility index (Phi) is 6.30. The zero-order valence-corrected chi connectivity index (χ0v) is 18.7. The van der Waals surface area contributed by atoms with Crippen LogP contribution < -0.4 is 11.1 Å². The quantitative estimate of drug-likeness (QED) is 0.346. The van der Waals surface area contributed by atoms with Gasteiger partial charge in [-0.25, -0.2) is 9.97 Å². The molecule has 0 bridgehead atoms. The summed E-state index contributed by atoms with van der Waals surface area (Å²) in [5.41, 5.74) is 9.81. The van der Waals surface area contributed by atoms with Crippen molar-refractivity contribution in [2.24, 2.45) is 0 Å². The first-order valence-electron chi connectivity index (χ1n) is 10.3. The van der Waals surface area contributed by atoms with E-state index in [1.165, 1.54) is 0 Å². The second-order valence-corrected chi connectivity index (χ2v) is 8.21. The third kappa shape index (κ3) is 4.18. The van der Waals surface area contributed by atoms with E-state index in [9.17, 15) is 4.79 Å². The van der Waals surface area contributed by atoms with E-state index in [4.69, 9.17) is 38.9 Å². The van der Waals surface area contributed by atoms with E-state index in [2.05, 4.69) is 12.2 Å². The highest BCUT2D eigenvalue weighted by atomic mass is 35.5. The van der Waals surface area contributed by atoms with Gasteiger partial charge in [0.25, 0.3) is 5.91 Å². The van der Waals surface area contributed by atoms with Gasteiger partial charge in [0.15, 0.2) is 5.65 Å². The fourth-order valence-electron chi connectivity index (χ4n) is 3.61. The summed E-state index contributed by atoms with van der Waals surface area (Å²) in [5, 5.41) is 3.79. The molecule has 160 valence electrons. The van der Waals surface area contributed by atoms with Crippen molar-refractivity contribution >= 4 is 57.1 Å². The molecule has 0 aliphatic heterocycles. The third-order valence-electron chi connectivity index (χ3n) is 5.20. The summed E-state index contributed by atoms with van der Waals surface area (Å²) in [6.45, 7) is 2.73. The van der Waals surface area contributed by atoms with Crippen LogP contribution >= 0.6 is 23.2 Å². The third-order valence-corrected chi connectivity index (χ3v) is 5.94. The highest BCUT2D eigenvalue weighted by Crippen LogP contribution is 2.33. The van der Waals surface area contributed by atoms with E-state index in [0.717, 1.165) is 25.7 Å². The van der Waals surface area contributed by atoms with E-state index in [0.29, 0.717) is 50.0 Å². The molecule has 0 radical (unpaired) electrons. The highest BCUT2D eigenvalue weighted by molar-refractivity contribution is 6.42. The summed E-state index contributed by atoms with van der Waals surface area (Å²) in [5.74, 6) is -0.00264. The van der Waals surface area contributed by atoms with E-state index in [1.807, 2.05) is 24.3 Å². The van der Waals surface area contributed by atoms with Crippen molar-refractivity contribution in [1.29, 1.82) is 0 Å². The summed E-state index contributed by atoms with van der Waals surface area (Å²) in [6, 6.07) is 12.7. The van der Waals surface area contributed by atoms with Gasteiger partial charge in [-0.2, -0.15) is 0 Å². The molecule has 0 spiro atoms. The molecule has 4 rings (SSSR count). The first-order valence-corrected chi connectivity index (χ1v) is 11.1. The average molecular weight is 456 g/mol. The van der Waals surface area contributed by atoms with Gasteiger partial charge in [0.2, 0.25) is 0 Å². The van der Waals surface area contributed by atoms with Crippen molar-refractivity contribution in [3.63, 3.8) is 0 Å². The molecular formula is C23H23Cl2N5O. The fraction of sp³-hybridized carbons (Fsp3) is 0.261. The number of aromatic nitrogens is 3. The molecule has 0 aliphatic carbocycles. The lowest BCUT2D eigenvalue weighted by molar-refractivity contribution is 0.0955. The number of anilines is 1.